The number of ether oxygens (including phenoxy) is 1. The van der Waals surface area contributed by atoms with Crippen molar-refractivity contribution in [2.45, 2.75) is 12.8 Å². The number of fused-ring (bicyclic) bond motifs is 1. The highest BCUT2D eigenvalue weighted by Gasteiger charge is 2.42. The van der Waals surface area contributed by atoms with Crippen molar-refractivity contribution >= 4 is 11.7 Å². The molecule has 3 rings (SSSR count). The lowest BCUT2D eigenvalue weighted by Crippen LogP contribution is -2.45. The second kappa shape index (κ2) is 5.60. The molecule has 0 radical (unpaired) electrons. The Morgan fingerprint density at radius 1 is 1.14 bits per heavy atom. The summed E-state index contributed by atoms with van der Waals surface area (Å²) in [5.41, 5.74) is 2.91. The predicted octanol–water partition coefficient (Wildman–Crippen LogP) is 3.06. The van der Waals surface area contributed by atoms with Crippen LogP contribution in [0.15, 0.2) is 54.6 Å². The molecular formula is C18H19NO2. The van der Waals surface area contributed by atoms with Crippen LogP contribution in [0.4, 0.5) is 5.69 Å². The van der Waals surface area contributed by atoms with Crippen molar-refractivity contribution in [2.24, 2.45) is 5.41 Å². The first kappa shape index (κ1) is 13.7. The van der Waals surface area contributed by atoms with E-state index in [1.165, 1.54) is 12.7 Å². The zero-order valence-corrected chi connectivity index (χ0v) is 12.1. The number of nitrogens with one attached hydrogen (secondary N) is 1. The third kappa shape index (κ3) is 2.64. The Hall–Kier alpha value is -2.29. The molecular weight excluding hydrogens is 262 g/mol. The van der Waals surface area contributed by atoms with Gasteiger partial charge < -0.3 is 10.1 Å². The molecule has 1 heterocycles. The van der Waals surface area contributed by atoms with Crippen LogP contribution in [-0.4, -0.2) is 19.6 Å². The minimum atomic E-state index is -0.537. The number of hydrogen-bond donors (Lipinski definition) is 1. The van der Waals surface area contributed by atoms with E-state index in [9.17, 15) is 4.79 Å². The summed E-state index contributed by atoms with van der Waals surface area (Å²) in [4.78, 5) is 12.4. The molecule has 2 aromatic rings. The van der Waals surface area contributed by atoms with Gasteiger partial charge in [0.1, 0.15) is 0 Å². The SMILES string of the molecule is COC(=O)[C@@]1(Cc2ccccc2)CNc2ccccc2C1. The molecule has 0 saturated carbocycles. The smallest absolute Gasteiger partial charge is 0.314 e. The molecule has 0 unspecified atom stereocenters. The third-order valence-electron chi connectivity index (χ3n) is 4.17. The molecule has 1 N–H and O–H groups in total. The number of rotatable bonds is 3. The van der Waals surface area contributed by atoms with E-state index in [0.29, 0.717) is 19.4 Å². The van der Waals surface area contributed by atoms with Gasteiger partial charge in [-0.3, -0.25) is 4.79 Å². The van der Waals surface area contributed by atoms with Crippen LogP contribution in [0.5, 0.6) is 0 Å². The minimum Gasteiger partial charge on any atom is -0.469 e. The van der Waals surface area contributed by atoms with Gasteiger partial charge in [-0.05, 0) is 30.0 Å². The number of anilines is 1. The molecule has 3 nitrogen and oxygen atoms in total. The van der Waals surface area contributed by atoms with Gasteiger partial charge in [0, 0.05) is 12.2 Å². The molecule has 108 valence electrons. The van der Waals surface area contributed by atoms with E-state index in [2.05, 4.69) is 29.6 Å². The van der Waals surface area contributed by atoms with Crippen LogP contribution in [0.2, 0.25) is 0 Å². The maximum Gasteiger partial charge on any atom is 0.314 e. The van der Waals surface area contributed by atoms with Crippen LogP contribution in [0.1, 0.15) is 11.1 Å². The van der Waals surface area contributed by atoms with Gasteiger partial charge in [0.05, 0.1) is 12.5 Å². The Morgan fingerprint density at radius 2 is 1.86 bits per heavy atom. The standard InChI is InChI=1S/C18H19NO2/c1-21-17(20)18(11-14-7-3-2-4-8-14)12-15-9-5-6-10-16(15)19-13-18/h2-10,19H,11-13H2,1H3/t18-/m1/s1. The largest absolute Gasteiger partial charge is 0.469 e. The summed E-state index contributed by atoms with van der Waals surface area (Å²) >= 11 is 0. The van der Waals surface area contributed by atoms with Gasteiger partial charge in [0.2, 0.25) is 0 Å². The van der Waals surface area contributed by atoms with Crippen LogP contribution in [0.3, 0.4) is 0 Å². The van der Waals surface area contributed by atoms with Gasteiger partial charge in [-0.1, -0.05) is 48.5 Å². The Bertz CT molecular complexity index is 639. The number of benzene rings is 2. The lowest BCUT2D eigenvalue weighted by atomic mass is 9.74. The lowest BCUT2D eigenvalue weighted by molar-refractivity contribution is -0.152. The number of methoxy groups -OCH3 is 1. The fourth-order valence-corrected chi connectivity index (χ4v) is 3.08. The molecule has 0 amide bonds. The fraction of sp³-hybridized carbons (Fsp3) is 0.278. The van der Waals surface area contributed by atoms with E-state index in [1.54, 1.807) is 0 Å². The summed E-state index contributed by atoms with van der Waals surface area (Å²) in [5.74, 6) is -0.145. The monoisotopic (exact) mass is 281 g/mol. The Balaban J connectivity index is 1.94. The predicted molar refractivity (Wildman–Crippen MR) is 83.2 cm³/mol. The number of hydrogen-bond acceptors (Lipinski definition) is 3. The zero-order valence-electron chi connectivity index (χ0n) is 12.1. The Morgan fingerprint density at radius 3 is 2.62 bits per heavy atom. The van der Waals surface area contributed by atoms with E-state index >= 15 is 0 Å². The van der Waals surface area contributed by atoms with Crippen molar-refractivity contribution in [2.75, 3.05) is 19.0 Å². The molecule has 3 heteroatoms. The molecule has 0 bridgehead atoms. The van der Waals surface area contributed by atoms with Gasteiger partial charge in [-0.25, -0.2) is 0 Å². The molecule has 0 fully saturated rings. The number of carbonyl (C=O) groups excluding carboxylic acids is 1. The van der Waals surface area contributed by atoms with Gasteiger partial charge >= 0.3 is 5.97 Å². The summed E-state index contributed by atoms with van der Waals surface area (Å²) in [5, 5.41) is 3.39. The van der Waals surface area contributed by atoms with E-state index < -0.39 is 5.41 Å². The second-order valence-corrected chi connectivity index (χ2v) is 5.62. The third-order valence-corrected chi connectivity index (χ3v) is 4.17. The minimum absolute atomic E-state index is 0.145. The second-order valence-electron chi connectivity index (χ2n) is 5.62. The van der Waals surface area contributed by atoms with Crippen molar-refractivity contribution in [3.63, 3.8) is 0 Å². The van der Waals surface area contributed by atoms with Crippen LogP contribution < -0.4 is 5.32 Å². The number of esters is 1. The maximum atomic E-state index is 12.4. The van der Waals surface area contributed by atoms with Crippen molar-refractivity contribution in [3.05, 3.63) is 65.7 Å². The van der Waals surface area contributed by atoms with Gasteiger partial charge in [-0.2, -0.15) is 0 Å². The van der Waals surface area contributed by atoms with Crippen molar-refractivity contribution in [1.29, 1.82) is 0 Å². The van der Waals surface area contributed by atoms with E-state index in [1.807, 2.05) is 30.3 Å². The quantitative estimate of drug-likeness (QED) is 0.879. The van der Waals surface area contributed by atoms with Crippen LogP contribution >= 0.6 is 0 Å². The fourth-order valence-electron chi connectivity index (χ4n) is 3.08. The highest BCUT2D eigenvalue weighted by molar-refractivity contribution is 5.80. The average molecular weight is 281 g/mol. The molecule has 0 spiro atoms. The molecule has 1 aliphatic rings. The van der Waals surface area contributed by atoms with E-state index in [4.69, 9.17) is 4.74 Å². The van der Waals surface area contributed by atoms with E-state index in [0.717, 1.165) is 11.3 Å². The molecule has 1 aliphatic heterocycles. The number of para-hydroxylation sites is 1. The first-order chi connectivity index (χ1) is 10.2. The summed E-state index contributed by atoms with van der Waals surface area (Å²) in [7, 11) is 1.47. The molecule has 1 atom stereocenters. The van der Waals surface area contributed by atoms with Gasteiger partial charge in [0.15, 0.2) is 0 Å². The number of carbonyl (C=O) groups is 1. The summed E-state index contributed by atoms with van der Waals surface area (Å²) in [6.45, 7) is 0.603. The van der Waals surface area contributed by atoms with Gasteiger partial charge in [0.25, 0.3) is 0 Å². The van der Waals surface area contributed by atoms with Crippen LogP contribution in [0.25, 0.3) is 0 Å². The zero-order chi connectivity index (χ0) is 14.7. The van der Waals surface area contributed by atoms with Gasteiger partial charge in [-0.15, -0.1) is 0 Å². The first-order valence-corrected chi connectivity index (χ1v) is 7.18. The Kier molecular flexibility index (Phi) is 3.65. The molecule has 0 aromatic heterocycles. The summed E-state index contributed by atoms with van der Waals surface area (Å²) in [6, 6.07) is 18.3. The van der Waals surface area contributed by atoms with Crippen molar-refractivity contribution in [3.8, 4) is 0 Å². The lowest BCUT2D eigenvalue weighted by Gasteiger charge is -2.36. The van der Waals surface area contributed by atoms with Crippen molar-refractivity contribution in [1.82, 2.24) is 0 Å². The molecule has 0 aliphatic carbocycles. The van der Waals surface area contributed by atoms with Crippen LogP contribution in [-0.2, 0) is 22.4 Å². The normalized spacial score (nSPS) is 20.2. The van der Waals surface area contributed by atoms with Crippen LogP contribution in [0, 0.1) is 5.41 Å². The summed E-state index contributed by atoms with van der Waals surface area (Å²) < 4.78 is 5.10. The molecule has 21 heavy (non-hydrogen) atoms. The highest BCUT2D eigenvalue weighted by atomic mass is 16.5. The average Bonchev–Trinajstić information content (AvgIpc) is 2.55. The summed E-state index contributed by atoms with van der Waals surface area (Å²) in [6.07, 6.45) is 1.39. The van der Waals surface area contributed by atoms with E-state index in [-0.39, 0.29) is 5.97 Å². The molecule has 0 saturated heterocycles. The highest BCUT2D eigenvalue weighted by Crippen LogP contribution is 2.36. The molecule has 2 aromatic carbocycles. The van der Waals surface area contributed by atoms with Crippen molar-refractivity contribution < 1.29 is 9.53 Å². The first-order valence-electron chi connectivity index (χ1n) is 7.18. The Labute approximate surface area is 124 Å². The topological polar surface area (TPSA) is 38.3 Å². The maximum absolute atomic E-state index is 12.4.